The standard InChI is InChI=1S/C15H27N5O3/c1-4-13-17-14(23-18-13)11(2)16-15(22)20-7-5-12(6-8-20)19(3)9-10-21/h11-12,21H,4-10H2,1-3H3,(H,16,22)/t11-/m0/s1. The topological polar surface area (TPSA) is 94.7 Å². The van der Waals surface area contributed by atoms with Gasteiger partial charge in [-0.05, 0) is 26.8 Å². The molecule has 0 aliphatic carbocycles. The van der Waals surface area contributed by atoms with E-state index in [0.29, 0.717) is 43.8 Å². The normalized spacial score (nSPS) is 17.5. The van der Waals surface area contributed by atoms with Gasteiger partial charge in [-0.1, -0.05) is 12.1 Å². The first kappa shape index (κ1) is 17.7. The van der Waals surface area contributed by atoms with Gasteiger partial charge in [0.05, 0.1) is 6.61 Å². The van der Waals surface area contributed by atoms with Gasteiger partial charge in [0.1, 0.15) is 6.04 Å². The van der Waals surface area contributed by atoms with Crippen LogP contribution in [0.25, 0.3) is 0 Å². The first-order valence-electron chi connectivity index (χ1n) is 8.24. The Hall–Kier alpha value is -1.67. The number of hydrogen-bond donors (Lipinski definition) is 2. The molecule has 2 rings (SSSR count). The van der Waals surface area contributed by atoms with Crippen LogP contribution in [0.2, 0.25) is 0 Å². The summed E-state index contributed by atoms with van der Waals surface area (Å²) in [6.45, 7) is 6.05. The minimum absolute atomic E-state index is 0.1000. The first-order chi connectivity index (χ1) is 11.0. The lowest BCUT2D eigenvalue weighted by atomic mass is 10.0. The minimum Gasteiger partial charge on any atom is -0.395 e. The third kappa shape index (κ3) is 4.65. The van der Waals surface area contributed by atoms with Crippen molar-refractivity contribution in [3.05, 3.63) is 11.7 Å². The number of piperidine rings is 1. The van der Waals surface area contributed by atoms with E-state index in [4.69, 9.17) is 9.63 Å². The van der Waals surface area contributed by atoms with Gasteiger partial charge in [-0.3, -0.25) is 0 Å². The molecule has 0 aromatic carbocycles. The van der Waals surface area contributed by atoms with Gasteiger partial charge in [0, 0.05) is 32.1 Å². The highest BCUT2D eigenvalue weighted by atomic mass is 16.5. The van der Waals surface area contributed by atoms with Gasteiger partial charge in [-0.25, -0.2) is 4.79 Å². The van der Waals surface area contributed by atoms with Gasteiger partial charge in [0.2, 0.25) is 5.89 Å². The van der Waals surface area contributed by atoms with Gasteiger partial charge in [-0.15, -0.1) is 0 Å². The van der Waals surface area contributed by atoms with Crippen molar-refractivity contribution >= 4 is 6.03 Å². The van der Waals surface area contributed by atoms with Crippen molar-refractivity contribution in [1.82, 2.24) is 25.3 Å². The van der Waals surface area contributed by atoms with Crippen molar-refractivity contribution in [3.63, 3.8) is 0 Å². The molecule has 1 fully saturated rings. The Morgan fingerprint density at radius 2 is 2.22 bits per heavy atom. The molecule has 0 bridgehead atoms. The molecule has 8 heteroatoms. The molecule has 0 radical (unpaired) electrons. The Kier molecular flexibility index (Phi) is 6.35. The van der Waals surface area contributed by atoms with Crippen molar-refractivity contribution in [2.45, 2.75) is 45.2 Å². The van der Waals surface area contributed by atoms with Crippen LogP contribution in [0.1, 0.15) is 44.4 Å². The second-order valence-electron chi connectivity index (χ2n) is 6.00. The number of aromatic nitrogens is 2. The maximum atomic E-state index is 12.3. The molecule has 8 nitrogen and oxygen atoms in total. The maximum absolute atomic E-state index is 12.3. The molecular weight excluding hydrogens is 298 g/mol. The summed E-state index contributed by atoms with van der Waals surface area (Å²) in [5, 5.41) is 15.8. The van der Waals surface area contributed by atoms with Crippen LogP contribution in [0.5, 0.6) is 0 Å². The highest BCUT2D eigenvalue weighted by Crippen LogP contribution is 2.16. The monoisotopic (exact) mass is 325 g/mol. The molecule has 1 aromatic rings. The number of aryl methyl sites for hydroxylation is 1. The maximum Gasteiger partial charge on any atom is 0.318 e. The average Bonchev–Trinajstić information content (AvgIpc) is 3.04. The van der Waals surface area contributed by atoms with Crippen LogP contribution in [-0.2, 0) is 6.42 Å². The zero-order valence-electron chi connectivity index (χ0n) is 14.2. The molecule has 1 atom stereocenters. The minimum atomic E-state index is -0.301. The molecule has 1 aliphatic rings. The first-order valence-corrected chi connectivity index (χ1v) is 8.24. The predicted octanol–water partition coefficient (Wildman–Crippen LogP) is 0.791. The Morgan fingerprint density at radius 3 is 2.78 bits per heavy atom. The lowest BCUT2D eigenvalue weighted by Gasteiger charge is -2.36. The van der Waals surface area contributed by atoms with E-state index in [0.717, 1.165) is 12.8 Å². The van der Waals surface area contributed by atoms with Crippen molar-refractivity contribution in [1.29, 1.82) is 0 Å². The molecule has 2 heterocycles. The lowest BCUT2D eigenvalue weighted by molar-refractivity contribution is 0.117. The molecule has 1 aromatic heterocycles. The molecular formula is C15H27N5O3. The highest BCUT2D eigenvalue weighted by Gasteiger charge is 2.26. The molecule has 1 aliphatic heterocycles. The van der Waals surface area contributed by atoms with Crippen molar-refractivity contribution in [3.8, 4) is 0 Å². The van der Waals surface area contributed by atoms with Gasteiger partial charge in [0.15, 0.2) is 5.82 Å². The molecule has 130 valence electrons. The van der Waals surface area contributed by atoms with Crippen LogP contribution >= 0.6 is 0 Å². The van der Waals surface area contributed by atoms with E-state index < -0.39 is 0 Å². The number of nitrogens with zero attached hydrogens (tertiary/aromatic N) is 4. The number of nitrogens with one attached hydrogen (secondary N) is 1. The van der Waals surface area contributed by atoms with E-state index in [-0.39, 0.29) is 18.7 Å². The van der Waals surface area contributed by atoms with Crippen LogP contribution in [-0.4, -0.2) is 70.4 Å². The van der Waals surface area contributed by atoms with Gasteiger partial charge >= 0.3 is 6.03 Å². The largest absolute Gasteiger partial charge is 0.395 e. The van der Waals surface area contributed by atoms with Crippen molar-refractivity contribution in [2.75, 3.05) is 33.3 Å². The number of aliphatic hydroxyl groups is 1. The number of likely N-dealkylation sites (tertiary alicyclic amines) is 1. The number of amides is 2. The quantitative estimate of drug-likeness (QED) is 0.803. The van der Waals surface area contributed by atoms with Gasteiger partial charge in [0.25, 0.3) is 0 Å². The third-order valence-corrected chi connectivity index (χ3v) is 4.34. The van der Waals surface area contributed by atoms with E-state index in [1.807, 2.05) is 25.8 Å². The van der Waals surface area contributed by atoms with E-state index >= 15 is 0 Å². The van der Waals surface area contributed by atoms with Crippen molar-refractivity contribution in [2.24, 2.45) is 0 Å². The van der Waals surface area contributed by atoms with E-state index in [1.165, 1.54) is 0 Å². The van der Waals surface area contributed by atoms with Crippen LogP contribution in [0.4, 0.5) is 4.79 Å². The number of likely N-dealkylation sites (N-methyl/N-ethyl adjacent to an activating group) is 1. The zero-order chi connectivity index (χ0) is 16.8. The van der Waals surface area contributed by atoms with E-state index in [9.17, 15) is 4.79 Å². The average molecular weight is 325 g/mol. The highest BCUT2D eigenvalue weighted by molar-refractivity contribution is 5.74. The van der Waals surface area contributed by atoms with E-state index in [2.05, 4.69) is 20.4 Å². The number of carbonyl (C=O) groups excluding carboxylic acids is 1. The Balaban J connectivity index is 1.80. The second kappa shape index (κ2) is 8.26. The predicted molar refractivity (Wildman–Crippen MR) is 84.9 cm³/mol. The summed E-state index contributed by atoms with van der Waals surface area (Å²) in [4.78, 5) is 20.5. The van der Waals surface area contributed by atoms with Crippen LogP contribution < -0.4 is 5.32 Å². The van der Waals surface area contributed by atoms with Gasteiger partial charge < -0.3 is 24.7 Å². The van der Waals surface area contributed by atoms with Crippen molar-refractivity contribution < 1.29 is 14.4 Å². The number of aliphatic hydroxyl groups excluding tert-OH is 1. The summed E-state index contributed by atoms with van der Waals surface area (Å²) in [5.41, 5.74) is 0. The molecule has 0 saturated carbocycles. The summed E-state index contributed by atoms with van der Waals surface area (Å²) in [6, 6.07) is 0.0220. The number of urea groups is 1. The Morgan fingerprint density at radius 1 is 1.52 bits per heavy atom. The van der Waals surface area contributed by atoms with Crippen LogP contribution in [0.3, 0.4) is 0 Å². The Bertz CT molecular complexity index is 499. The SMILES string of the molecule is CCc1noc([C@H](C)NC(=O)N2CCC(N(C)CCO)CC2)n1. The molecule has 0 unspecified atom stereocenters. The van der Waals surface area contributed by atoms with Gasteiger partial charge in [-0.2, -0.15) is 4.98 Å². The summed E-state index contributed by atoms with van der Waals surface area (Å²) >= 11 is 0. The zero-order valence-corrected chi connectivity index (χ0v) is 14.2. The lowest BCUT2D eigenvalue weighted by Crippen LogP contribution is -2.49. The number of carbonyl (C=O) groups is 1. The molecule has 2 N–H and O–H groups in total. The van der Waals surface area contributed by atoms with E-state index in [1.54, 1.807) is 0 Å². The molecule has 2 amide bonds. The molecule has 1 saturated heterocycles. The summed E-state index contributed by atoms with van der Waals surface area (Å²) in [5.74, 6) is 1.08. The second-order valence-corrected chi connectivity index (χ2v) is 6.00. The fourth-order valence-corrected chi connectivity index (χ4v) is 2.78. The third-order valence-electron chi connectivity index (χ3n) is 4.34. The summed E-state index contributed by atoms with van der Waals surface area (Å²) in [7, 11) is 2.01. The Labute approximate surface area is 136 Å². The fourth-order valence-electron chi connectivity index (χ4n) is 2.78. The fraction of sp³-hybridized carbons (Fsp3) is 0.800. The summed E-state index contributed by atoms with van der Waals surface area (Å²) in [6.07, 6.45) is 2.54. The molecule has 0 spiro atoms. The molecule has 23 heavy (non-hydrogen) atoms. The van der Waals surface area contributed by atoms with Crippen LogP contribution in [0, 0.1) is 0 Å². The smallest absolute Gasteiger partial charge is 0.318 e. The summed E-state index contributed by atoms with van der Waals surface area (Å²) < 4.78 is 5.16. The number of hydrogen-bond acceptors (Lipinski definition) is 6. The van der Waals surface area contributed by atoms with Crippen LogP contribution in [0.15, 0.2) is 4.52 Å². The number of rotatable bonds is 6.